The summed E-state index contributed by atoms with van der Waals surface area (Å²) in [6.07, 6.45) is 2.70. The highest BCUT2D eigenvalue weighted by atomic mass is 32.2. The lowest BCUT2D eigenvalue weighted by atomic mass is 10.1. The zero-order valence-corrected chi connectivity index (χ0v) is 12.6. The minimum Gasteiger partial charge on any atom is -0.478 e. The molecule has 0 aromatic heterocycles. The molecule has 0 bridgehead atoms. The molecule has 0 saturated carbocycles. The van der Waals surface area contributed by atoms with Gasteiger partial charge in [0.15, 0.2) is 0 Å². The number of aromatic carboxylic acids is 1. The van der Waals surface area contributed by atoms with Gasteiger partial charge in [-0.3, -0.25) is 0 Å². The molecular formula is C14H19NO5S. The van der Waals surface area contributed by atoms with Crippen LogP contribution in [0, 0.1) is 6.92 Å². The molecule has 2 rings (SSSR count). The van der Waals surface area contributed by atoms with Gasteiger partial charge in [-0.15, -0.1) is 0 Å². The Kier molecular flexibility index (Phi) is 4.97. The Morgan fingerprint density at radius 1 is 1.48 bits per heavy atom. The van der Waals surface area contributed by atoms with Gasteiger partial charge in [0, 0.05) is 13.2 Å². The number of benzene rings is 1. The maximum Gasteiger partial charge on any atom is 0.335 e. The van der Waals surface area contributed by atoms with Crippen molar-refractivity contribution in [2.75, 3.05) is 13.2 Å². The van der Waals surface area contributed by atoms with Crippen LogP contribution < -0.4 is 4.72 Å². The van der Waals surface area contributed by atoms with Crippen molar-refractivity contribution in [2.45, 2.75) is 37.2 Å². The van der Waals surface area contributed by atoms with E-state index in [1.807, 2.05) is 0 Å². The molecule has 21 heavy (non-hydrogen) atoms. The van der Waals surface area contributed by atoms with Crippen LogP contribution in [0.3, 0.4) is 0 Å². The summed E-state index contributed by atoms with van der Waals surface area (Å²) in [5, 5.41) is 9.04. The molecule has 1 aliphatic rings. The highest BCUT2D eigenvalue weighted by Crippen LogP contribution is 2.17. The molecule has 6 nitrogen and oxygen atoms in total. The van der Waals surface area contributed by atoms with E-state index >= 15 is 0 Å². The highest BCUT2D eigenvalue weighted by Gasteiger charge is 2.19. The monoisotopic (exact) mass is 313 g/mol. The SMILES string of the molecule is Cc1ccc(S(=O)(=O)NCCC2CCCO2)cc1C(=O)O. The van der Waals surface area contributed by atoms with E-state index in [2.05, 4.69) is 4.72 Å². The number of hydrogen-bond acceptors (Lipinski definition) is 4. The van der Waals surface area contributed by atoms with E-state index in [1.54, 1.807) is 6.92 Å². The van der Waals surface area contributed by atoms with Gasteiger partial charge in [0.2, 0.25) is 10.0 Å². The van der Waals surface area contributed by atoms with Gasteiger partial charge >= 0.3 is 5.97 Å². The predicted octanol–water partition coefficient (Wildman–Crippen LogP) is 1.54. The number of hydrogen-bond donors (Lipinski definition) is 2. The van der Waals surface area contributed by atoms with Crippen molar-refractivity contribution >= 4 is 16.0 Å². The number of sulfonamides is 1. The van der Waals surface area contributed by atoms with Gasteiger partial charge in [0.05, 0.1) is 16.6 Å². The Labute approximate surface area is 124 Å². The Morgan fingerprint density at radius 3 is 2.86 bits per heavy atom. The molecule has 116 valence electrons. The van der Waals surface area contributed by atoms with E-state index in [9.17, 15) is 13.2 Å². The smallest absolute Gasteiger partial charge is 0.335 e. The number of rotatable bonds is 6. The summed E-state index contributed by atoms with van der Waals surface area (Å²) in [7, 11) is -3.69. The molecule has 1 aliphatic heterocycles. The molecule has 0 amide bonds. The van der Waals surface area contributed by atoms with Gasteiger partial charge < -0.3 is 9.84 Å². The van der Waals surface area contributed by atoms with Crippen molar-refractivity contribution in [1.82, 2.24) is 4.72 Å². The standard InChI is InChI=1S/C14H19NO5S/c1-10-4-5-12(9-13(10)14(16)17)21(18,19)15-7-6-11-3-2-8-20-11/h4-5,9,11,15H,2-3,6-8H2,1H3,(H,16,17). The quantitative estimate of drug-likeness (QED) is 0.831. The fourth-order valence-corrected chi connectivity index (χ4v) is 3.38. The summed E-state index contributed by atoms with van der Waals surface area (Å²) in [5.74, 6) is -1.14. The minimum atomic E-state index is -3.69. The lowest BCUT2D eigenvalue weighted by molar-refractivity contribution is 0.0696. The Morgan fingerprint density at radius 2 is 2.24 bits per heavy atom. The Balaban J connectivity index is 2.04. The van der Waals surface area contributed by atoms with E-state index < -0.39 is 16.0 Å². The van der Waals surface area contributed by atoms with Crippen LogP contribution in [0.2, 0.25) is 0 Å². The summed E-state index contributed by atoms with van der Waals surface area (Å²) in [6, 6.07) is 4.10. The largest absolute Gasteiger partial charge is 0.478 e. The van der Waals surface area contributed by atoms with E-state index in [0.717, 1.165) is 19.4 Å². The molecule has 7 heteroatoms. The molecule has 1 atom stereocenters. The van der Waals surface area contributed by atoms with Gasteiger partial charge in [-0.1, -0.05) is 6.07 Å². The first kappa shape index (κ1) is 15.9. The summed E-state index contributed by atoms with van der Waals surface area (Å²) < 4.78 is 32.2. The third kappa shape index (κ3) is 4.03. The molecule has 1 unspecified atom stereocenters. The molecule has 2 N–H and O–H groups in total. The van der Waals surface area contributed by atoms with Crippen LogP contribution in [-0.4, -0.2) is 38.7 Å². The Bertz CT molecular complexity index is 620. The van der Waals surface area contributed by atoms with Gasteiger partial charge in [0.25, 0.3) is 0 Å². The van der Waals surface area contributed by atoms with E-state index in [1.165, 1.54) is 18.2 Å². The lowest BCUT2D eigenvalue weighted by Crippen LogP contribution is -2.27. The molecule has 1 heterocycles. The molecule has 0 aliphatic carbocycles. The molecule has 0 radical (unpaired) electrons. The van der Waals surface area contributed by atoms with E-state index in [0.29, 0.717) is 12.0 Å². The van der Waals surface area contributed by atoms with Crippen LogP contribution in [0.1, 0.15) is 35.2 Å². The highest BCUT2D eigenvalue weighted by molar-refractivity contribution is 7.89. The van der Waals surface area contributed by atoms with E-state index in [-0.39, 0.29) is 23.1 Å². The van der Waals surface area contributed by atoms with Crippen LogP contribution in [0.25, 0.3) is 0 Å². The molecule has 0 spiro atoms. The van der Waals surface area contributed by atoms with Gasteiger partial charge in [0.1, 0.15) is 0 Å². The van der Waals surface area contributed by atoms with Gasteiger partial charge in [-0.2, -0.15) is 0 Å². The summed E-state index contributed by atoms with van der Waals surface area (Å²) >= 11 is 0. The zero-order valence-electron chi connectivity index (χ0n) is 11.8. The average Bonchev–Trinajstić information content (AvgIpc) is 2.91. The topological polar surface area (TPSA) is 92.7 Å². The normalized spacial score (nSPS) is 18.8. The number of carboxylic acid groups (broad SMARTS) is 1. The first-order valence-corrected chi connectivity index (χ1v) is 8.33. The molecule has 1 aromatic rings. The van der Waals surface area contributed by atoms with E-state index in [4.69, 9.17) is 9.84 Å². The van der Waals surface area contributed by atoms with Crippen LogP contribution in [-0.2, 0) is 14.8 Å². The van der Waals surface area contributed by atoms with Crippen molar-refractivity contribution in [3.05, 3.63) is 29.3 Å². The minimum absolute atomic E-state index is 0.00278. The third-order valence-electron chi connectivity index (χ3n) is 3.53. The fraction of sp³-hybridized carbons (Fsp3) is 0.500. The van der Waals surface area contributed by atoms with Crippen LogP contribution >= 0.6 is 0 Å². The van der Waals surface area contributed by atoms with Crippen molar-refractivity contribution in [3.8, 4) is 0 Å². The van der Waals surface area contributed by atoms with Crippen molar-refractivity contribution < 1.29 is 23.1 Å². The number of aryl methyl sites for hydroxylation is 1. The summed E-state index contributed by atoms with van der Waals surface area (Å²) in [4.78, 5) is 11.0. The average molecular weight is 313 g/mol. The number of nitrogens with one attached hydrogen (secondary N) is 1. The molecule has 1 saturated heterocycles. The summed E-state index contributed by atoms with van der Waals surface area (Å²) in [6.45, 7) is 2.64. The van der Waals surface area contributed by atoms with Crippen molar-refractivity contribution in [2.24, 2.45) is 0 Å². The summed E-state index contributed by atoms with van der Waals surface area (Å²) in [5.41, 5.74) is 0.526. The third-order valence-corrected chi connectivity index (χ3v) is 4.99. The first-order valence-electron chi connectivity index (χ1n) is 6.85. The predicted molar refractivity (Wildman–Crippen MR) is 76.9 cm³/mol. The first-order chi connectivity index (χ1) is 9.90. The van der Waals surface area contributed by atoms with Crippen LogP contribution in [0.4, 0.5) is 0 Å². The van der Waals surface area contributed by atoms with Crippen LogP contribution in [0.5, 0.6) is 0 Å². The van der Waals surface area contributed by atoms with Gasteiger partial charge in [-0.25, -0.2) is 17.9 Å². The second-order valence-electron chi connectivity index (χ2n) is 5.10. The zero-order chi connectivity index (χ0) is 15.5. The van der Waals surface area contributed by atoms with Gasteiger partial charge in [-0.05, 0) is 43.9 Å². The number of ether oxygens (including phenoxy) is 1. The maximum atomic E-state index is 12.1. The maximum absolute atomic E-state index is 12.1. The second kappa shape index (κ2) is 6.55. The molecule has 1 fully saturated rings. The number of carbonyl (C=O) groups is 1. The fourth-order valence-electron chi connectivity index (χ4n) is 2.31. The second-order valence-corrected chi connectivity index (χ2v) is 6.87. The molecular weight excluding hydrogens is 294 g/mol. The van der Waals surface area contributed by atoms with Crippen LogP contribution in [0.15, 0.2) is 23.1 Å². The number of carboxylic acids is 1. The lowest BCUT2D eigenvalue weighted by Gasteiger charge is -2.11. The van der Waals surface area contributed by atoms with Crippen molar-refractivity contribution in [1.29, 1.82) is 0 Å². The Hall–Kier alpha value is -1.44. The molecule has 1 aromatic carbocycles. The van der Waals surface area contributed by atoms with Crippen molar-refractivity contribution in [3.63, 3.8) is 0 Å².